The second-order valence-electron chi connectivity index (χ2n) is 5.42. The lowest BCUT2D eigenvalue weighted by molar-refractivity contribution is 0.0648. The first-order valence-electron chi connectivity index (χ1n) is 7.31. The van der Waals surface area contributed by atoms with Gasteiger partial charge in [0.25, 0.3) is 5.91 Å². The van der Waals surface area contributed by atoms with E-state index in [1.807, 2.05) is 30.0 Å². The van der Waals surface area contributed by atoms with Crippen molar-refractivity contribution in [2.24, 2.45) is 0 Å². The predicted molar refractivity (Wildman–Crippen MR) is 79.2 cm³/mol. The number of amides is 1. The fourth-order valence-electron chi connectivity index (χ4n) is 3.09. The monoisotopic (exact) mass is 260 g/mol. The third-order valence-electron chi connectivity index (χ3n) is 4.14. The highest BCUT2D eigenvalue weighted by Gasteiger charge is 2.26. The predicted octanol–water partition coefficient (Wildman–Crippen LogP) is 3.37. The van der Waals surface area contributed by atoms with E-state index in [9.17, 15) is 4.79 Å². The van der Waals surface area contributed by atoms with E-state index >= 15 is 0 Å². The average molecular weight is 260 g/mol. The molecular formula is C16H24N2O. The molecule has 0 radical (unpaired) electrons. The molecule has 0 saturated heterocycles. The molecule has 0 aromatic heterocycles. The van der Waals surface area contributed by atoms with Crippen molar-refractivity contribution in [2.75, 3.05) is 12.3 Å². The van der Waals surface area contributed by atoms with Gasteiger partial charge in [-0.15, -0.1) is 0 Å². The molecule has 1 saturated carbocycles. The van der Waals surface area contributed by atoms with E-state index in [1.54, 1.807) is 0 Å². The Morgan fingerprint density at radius 2 is 2.00 bits per heavy atom. The van der Waals surface area contributed by atoms with Crippen LogP contribution >= 0.6 is 0 Å². The minimum atomic E-state index is 0.102. The number of hydrogen-bond donors (Lipinski definition) is 1. The maximum absolute atomic E-state index is 12.8. The second kappa shape index (κ2) is 6.09. The van der Waals surface area contributed by atoms with E-state index in [1.165, 1.54) is 19.3 Å². The number of rotatable bonds is 3. The Morgan fingerprint density at radius 3 is 2.58 bits per heavy atom. The molecule has 0 heterocycles. The molecule has 2 rings (SSSR count). The Kier molecular flexibility index (Phi) is 4.46. The fraction of sp³-hybridized carbons (Fsp3) is 0.562. The molecule has 3 nitrogen and oxygen atoms in total. The third kappa shape index (κ3) is 2.91. The first-order chi connectivity index (χ1) is 9.15. The van der Waals surface area contributed by atoms with Crippen molar-refractivity contribution >= 4 is 11.6 Å². The number of nitrogen functional groups attached to an aromatic ring is 1. The zero-order chi connectivity index (χ0) is 13.8. The van der Waals surface area contributed by atoms with Crippen LogP contribution < -0.4 is 5.73 Å². The van der Waals surface area contributed by atoms with Gasteiger partial charge < -0.3 is 10.6 Å². The largest absolute Gasteiger partial charge is 0.398 e. The summed E-state index contributed by atoms with van der Waals surface area (Å²) in [7, 11) is 0. The second-order valence-corrected chi connectivity index (χ2v) is 5.42. The molecular weight excluding hydrogens is 236 g/mol. The SMILES string of the molecule is CCN(C(=O)c1c(C)cccc1N)C1CCCCC1. The lowest BCUT2D eigenvalue weighted by Gasteiger charge is -2.34. The maximum Gasteiger partial charge on any atom is 0.256 e. The molecule has 0 spiro atoms. The third-order valence-corrected chi connectivity index (χ3v) is 4.14. The summed E-state index contributed by atoms with van der Waals surface area (Å²) in [4.78, 5) is 14.8. The van der Waals surface area contributed by atoms with Gasteiger partial charge in [0.05, 0.1) is 5.56 Å². The molecule has 1 amide bonds. The molecule has 1 aliphatic carbocycles. The van der Waals surface area contributed by atoms with Gasteiger partial charge in [-0.1, -0.05) is 31.4 Å². The first-order valence-corrected chi connectivity index (χ1v) is 7.31. The van der Waals surface area contributed by atoms with E-state index in [-0.39, 0.29) is 5.91 Å². The summed E-state index contributed by atoms with van der Waals surface area (Å²) < 4.78 is 0. The van der Waals surface area contributed by atoms with Gasteiger partial charge in [-0.05, 0) is 38.3 Å². The van der Waals surface area contributed by atoms with E-state index < -0.39 is 0 Å². The number of anilines is 1. The molecule has 19 heavy (non-hydrogen) atoms. The van der Waals surface area contributed by atoms with Gasteiger partial charge in [-0.2, -0.15) is 0 Å². The van der Waals surface area contributed by atoms with Crippen LogP contribution in [0.25, 0.3) is 0 Å². The summed E-state index contributed by atoms with van der Waals surface area (Å²) in [5.74, 6) is 0.102. The van der Waals surface area contributed by atoms with E-state index in [0.717, 1.165) is 24.9 Å². The van der Waals surface area contributed by atoms with E-state index in [0.29, 0.717) is 17.3 Å². The Labute approximate surface area is 115 Å². The molecule has 1 aliphatic rings. The van der Waals surface area contributed by atoms with Gasteiger partial charge in [0, 0.05) is 18.3 Å². The maximum atomic E-state index is 12.8. The van der Waals surface area contributed by atoms with Gasteiger partial charge >= 0.3 is 0 Å². The Bertz CT molecular complexity index is 430. The molecule has 0 atom stereocenters. The fourth-order valence-corrected chi connectivity index (χ4v) is 3.09. The van der Waals surface area contributed by atoms with Crippen LogP contribution in [0.1, 0.15) is 54.9 Å². The van der Waals surface area contributed by atoms with Gasteiger partial charge in [-0.25, -0.2) is 0 Å². The lowest BCUT2D eigenvalue weighted by Crippen LogP contribution is -2.41. The highest BCUT2D eigenvalue weighted by molar-refractivity contribution is 6.00. The number of nitrogens with zero attached hydrogens (tertiary/aromatic N) is 1. The van der Waals surface area contributed by atoms with Crippen LogP contribution in [-0.2, 0) is 0 Å². The van der Waals surface area contributed by atoms with Crippen molar-refractivity contribution in [3.63, 3.8) is 0 Å². The normalized spacial score (nSPS) is 16.3. The lowest BCUT2D eigenvalue weighted by atomic mass is 9.93. The molecule has 1 aromatic rings. The number of aryl methyl sites for hydroxylation is 1. The molecule has 1 fully saturated rings. The smallest absolute Gasteiger partial charge is 0.256 e. The van der Waals surface area contributed by atoms with Crippen molar-refractivity contribution < 1.29 is 4.79 Å². The number of hydrogen-bond acceptors (Lipinski definition) is 2. The summed E-state index contributed by atoms with van der Waals surface area (Å²) in [5.41, 5.74) is 8.25. The Balaban J connectivity index is 2.25. The van der Waals surface area contributed by atoms with Gasteiger partial charge in [0.15, 0.2) is 0 Å². The van der Waals surface area contributed by atoms with Crippen LogP contribution in [0.2, 0.25) is 0 Å². The van der Waals surface area contributed by atoms with E-state index in [4.69, 9.17) is 5.73 Å². The minimum Gasteiger partial charge on any atom is -0.398 e. The van der Waals surface area contributed by atoms with Crippen LogP contribution in [0.4, 0.5) is 5.69 Å². The quantitative estimate of drug-likeness (QED) is 0.847. The number of carbonyl (C=O) groups excluding carboxylic acids is 1. The van der Waals surface area contributed by atoms with Crippen molar-refractivity contribution in [3.8, 4) is 0 Å². The minimum absolute atomic E-state index is 0.102. The Hall–Kier alpha value is -1.51. The summed E-state index contributed by atoms with van der Waals surface area (Å²) in [6.07, 6.45) is 6.03. The first kappa shape index (κ1) is 13.9. The highest BCUT2D eigenvalue weighted by atomic mass is 16.2. The molecule has 0 unspecified atom stereocenters. The van der Waals surface area contributed by atoms with Crippen molar-refractivity contribution in [3.05, 3.63) is 29.3 Å². The zero-order valence-corrected chi connectivity index (χ0v) is 12.0. The number of nitrogens with two attached hydrogens (primary N) is 1. The van der Waals surface area contributed by atoms with Gasteiger partial charge in [-0.3, -0.25) is 4.79 Å². The van der Waals surface area contributed by atoms with E-state index in [2.05, 4.69) is 6.92 Å². The highest BCUT2D eigenvalue weighted by Crippen LogP contribution is 2.26. The average Bonchev–Trinajstić information content (AvgIpc) is 2.40. The molecule has 2 N–H and O–H groups in total. The van der Waals surface area contributed by atoms with Crippen LogP contribution in [0.15, 0.2) is 18.2 Å². The molecule has 0 aliphatic heterocycles. The molecule has 0 bridgehead atoms. The van der Waals surface area contributed by atoms with Crippen LogP contribution in [0, 0.1) is 6.92 Å². The Morgan fingerprint density at radius 1 is 1.32 bits per heavy atom. The zero-order valence-electron chi connectivity index (χ0n) is 12.0. The van der Waals surface area contributed by atoms with Crippen molar-refractivity contribution in [1.82, 2.24) is 4.90 Å². The van der Waals surface area contributed by atoms with Gasteiger partial charge in [0.1, 0.15) is 0 Å². The molecule has 104 valence electrons. The molecule has 3 heteroatoms. The summed E-state index contributed by atoms with van der Waals surface area (Å²) >= 11 is 0. The van der Waals surface area contributed by atoms with Crippen LogP contribution in [0.5, 0.6) is 0 Å². The van der Waals surface area contributed by atoms with Crippen molar-refractivity contribution in [2.45, 2.75) is 52.0 Å². The summed E-state index contributed by atoms with van der Waals surface area (Å²) in [6, 6.07) is 6.07. The van der Waals surface area contributed by atoms with Crippen LogP contribution in [0.3, 0.4) is 0 Å². The number of benzene rings is 1. The molecule has 1 aromatic carbocycles. The van der Waals surface area contributed by atoms with Crippen LogP contribution in [-0.4, -0.2) is 23.4 Å². The summed E-state index contributed by atoms with van der Waals surface area (Å²) in [6.45, 7) is 4.77. The van der Waals surface area contributed by atoms with Gasteiger partial charge in [0.2, 0.25) is 0 Å². The number of carbonyl (C=O) groups is 1. The van der Waals surface area contributed by atoms with Crippen molar-refractivity contribution in [1.29, 1.82) is 0 Å². The summed E-state index contributed by atoms with van der Waals surface area (Å²) in [5, 5.41) is 0. The standard InChI is InChI=1S/C16H24N2O/c1-3-18(13-9-5-4-6-10-13)16(19)15-12(2)8-7-11-14(15)17/h7-8,11,13H,3-6,9-10,17H2,1-2H3. The topological polar surface area (TPSA) is 46.3 Å².